The number of halogens is 3. The molecule has 6 nitrogen and oxygen atoms in total. The van der Waals surface area contributed by atoms with E-state index in [9.17, 15) is 13.2 Å². The Kier molecular flexibility index (Phi) is 5.42. The lowest BCUT2D eigenvalue weighted by Crippen LogP contribution is -2.33. The van der Waals surface area contributed by atoms with Crippen LogP contribution in [0.4, 0.5) is 24.7 Å². The van der Waals surface area contributed by atoms with E-state index in [1.807, 2.05) is 26.1 Å². The molecule has 1 aliphatic heterocycles. The molecule has 34 heavy (non-hydrogen) atoms. The number of nitrogens with one attached hydrogen (secondary N) is 1. The number of aromatic nitrogens is 4. The average molecular weight is 467 g/mol. The molecule has 2 aromatic carbocycles. The molecule has 0 bridgehead atoms. The van der Waals surface area contributed by atoms with E-state index in [1.54, 1.807) is 12.3 Å². The normalized spacial score (nSPS) is 14.8. The third-order valence-corrected chi connectivity index (χ3v) is 6.60. The van der Waals surface area contributed by atoms with Crippen LogP contribution in [0.25, 0.3) is 10.8 Å². The largest absolute Gasteiger partial charge is 0.416 e. The van der Waals surface area contributed by atoms with Crippen LogP contribution in [0.1, 0.15) is 41.2 Å². The predicted molar refractivity (Wildman–Crippen MR) is 126 cm³/mol. The molecule has 0 saturated carbocycles. The van der Waals surface area contributed by atoms with Crippen molar-refractivity contribution in [2.45, 2.75) is 46.1 Å². The van der Waals surface area contributed by atoms with Gasteiger partial charge >= 0.3 is 6.18 Å². The highest BCUT2D eigenvalue weighted by molar-refractivity contribution is 5.93. The molecule has 5 rings (SSSR count). The predicted octanol–water partition coefficient (Wildman–Crippen LogP) is 5.66. The van der Waals surface area contributed by atoms with Crippen LogP contribution in [0.2, 0.25) is 0 Å². The van der Waals surface area contributed by atoms with Gasteiger partial charge in [-0.15, -0.1) is 5.10 Å². The van der Waals surface area contributed by atoms with Crippen LogP contribution < -0.4 is 10.2 Å². The highest BCUT2D eigenvalue weighted by atomic mass is 19.4. The molecular formula is C25H25F3N6. The van der Waals surface area contributed by atoms with E-state index in [4.69, 9.17) is 0 Å². The van der Waals surface area contributed by atoms with Gasteiger partial charge in [0.1, 0.15) is 5.82 Å². The SMILES string of the molecule is Cc1c([C@@H](C)Nc2nncc3ccc(N4CCn5c(cnc5C)C4)cc23)cccc1C(F)(F)F. The van der Waals surface area contributed by atoms with Gasteiger partial charge in [-0.05, 0) is 50.1 Å². The van der Waals surface area contributed by atoms with Gasteiger partial charge in [-0.1, -0.05) is 18.2 Å². The summed E-state index contributed by atoms with van der Waals surface area (Å²) in [5.41, 5.74) is 2.39. The first-order valence-corrected chi connectivity index (χ1v) is 11.2. The molecule has 2 aromatic heterocycles. The minimum atomic E-state index is -4.39. The minimum absolute atomic E-state index is 0.212. The fourth-order valence-corrected chi connectivity index (χ4v) is 4.74. The standard InChI is InChI=1S/C25H25F3N6/c1-15-21(5-4-6-23(15)25(26,27)28)16(2)31-24-22-11-19(8-7-18(22)12-30-32-24)33-9-10-34-17(3)29-13-20(34)14-33/h4-8,11-13,16H,9-10,14H2,1-3H3,(H,31,32)/t16-/m1/s1. The zero-order chi connectivity index (χ0) is 24.0. The van der Waals surface area contributed by atoms with Gasteiger partial charge in [0, 0.05) is 29.5 Å². The maximum absolute atomic E-state index is 13.4. The molecule has 1 atom stereocenters. The second-order valence-electron chi connectivity index (χ2n) is 8.72. The van der Waals surface area contributed by atoms with Gasteiger partial charge in [0.25, 0.3) is 0 Å². The van der Waals surface area contributed by atoms with E-state index >= 15 is 0 Å². The average Bonchev–Trinajstić information content (AvgIpc) is 3.18. The van der Waals surface area contributed by atoms with Crippen molar-refractivity contribution in [2.75, 3.05) is 16.8 Å². The lowest BCUT2D eigenvalue weighted by Gasteiger charge is -2.31. The van der Waals surface area contributed by atoms with E-state index in [0.29, 0.717) is 11.4 Å². The lowest BCUT2D eigenvalue weighted by atomic mass is 9.97. The summed E-state index contributed by atoms with van der Waals surface area (Å²) in [4.78, 5) is 6.71. The van der Waals surface area contributed by atoms with Crippen molar-refractivity contribution in [1.82, 2.24) is 19.7 Å². The third-order valence-electron chi connectivity index (χ3n) is 6.60. The lowest BCUT2D eigenvalue weighted by molar-refractivity contribution is -0.138. The van der Waals surface area contributed by atoms with E-state index < -0.39 is 17.8 Å². The number of aryl methyl sites for hydroxylation is 1. The summed E-state index contributed by atoms with van der Waals surface area (Å²) in [6.45, 7) is 7.83. The molecule has 0 spiro atoms. The molecule has 0 unspecified atom stereocenters. The molecule has 0 aliphatic carbocycles. The molecule has 4 aromatic rings. The number of anilines is 2. The number of benzene rings is 2. The summed E-state index contributed by atoms with van der Waals surface area (Å²) in [5, 5.41) is 13.5. The highest BCUT2D eigenvalue weighted by Crippen LogP contribution is 2.36. The van der Waals surface area contributed by atoms with Crippen molar-refractivity contribution in [1.29, 1.82) is 0 Å². The maximum atomic E-state index is 13.4. The highest BCUT2D eigenvalue weighted by Gasteiger charge is 2.33. The monoisotopic (exact) mass is 466 g/mol. The molecule has 176 valence electrons. The molecule has 1 N–H and O–H groups in total. The molecule has 3 heterocycles. The zero-order valence-corrected chi connectivity index (χ0v) is 19.2. The molecule has 0 saturated heterocycles. The van der Waals surface area contributed by atoms with Crippen LogP contribution in [0, 0.1) is 13.8 Å². The summed E-state index contributed by atoms with van der Waals surface area (Å²) in [5.74, 6) is 1.57. The van der Waals surface area contributed by atoms with E-state index in [-0.39, 0.29) is 5.56 Å². The Bertz CT molecular complexity index is 1360. The van der Waals surface area contributed by atoms with E-state index in [0.717, 1.165) is 48.0 Å². The third kappa shape index (κ3) is 3.95. The van der Waals surface area contributed by atoms with Crippen molar-refractivity contribution < 1.29 is 13.2 Å². The number of imidazole rings is 1. The minimum Gasteiger partial charge on any atom is -0.364 e. The van der Waals surface area contributed by atoms with Crippen molar-refractivity contribution in [3.05, 3.63) is 77.0 Å². The van der Waals surface area contributed by atoms with Gasteiger partial charge in [0.15, 0.2) is 5.82 Å². The van der Waals surface area contributed by atoms with Crippen LogP contribution in [-0.2, 0) is 19.3 Å². The van der Waals surface area contributed by atoms with E-state index in [2.05, 4.69) is 42.1 Å². The topological polar surface area (TPSA) is 58.9 Å². The van der Waals surface area contributed by atoms with Crippen molar-refractivity contribution >= 4 is 22.3 Å². The van der Waals surface area contributed by atoms with Crippen LogP contribution >= 0.6 is 0 Å². The fraction of sp³-hybridized carbons (Fsp3) is 0.320. The van der Waals surface area contributed by atoms with Crippen LogP contribution in [0.5, 0.6) is 0 Å². The van der Waals surface area contributed by atoms with Crippen molar-refractivity contribution in [2.24, 2.45) is 0 Å². The Morgan fingerprint density at radius 3 is 2.68 bits per heavy atom. The van der Waals surface area contributed by atoms with Gasteiger partial charge in [0.05, 0.1) is 36.2 Å². The number of rotatable bonds is 4. The molecule has 0 amide bonds. The molecule has 0 fully saturated rings. The molecule has 9 heteroatoms. The summed E-state index contributed by atoms with van der Waals surface area (Å²) < 4.78 is 42.4. The van der Waals surface area contributed by atoms with Crippen molar-refractivity contribution in [3.63, 3.8) is 0 Å². The Hall–Kier alpha value is -3.62. The zero-order valence-electron chi connectivity index (χ0n) is 19.2. The first-order chi connectivity index (χ1) is 16.2. The molecule has 1 aliphatic rings. The second kappa shape index (κ2) is 8.30. The van der Waals surface area contributed by atoms with Crippen molar-refractivity contribution in [3.8, 4) is 0 Å². The Balaban J connectivity index is 1.46. The number of hydrogen-bond acceptors (Lipinski definition) is 5. The number of nitrogens with zero attached hydrogens (tertiary/aromatic N) is 5. The first-order valence-electron chi connectivity index (χ1n) is 11.2. The van der Waals surface area contributed by atoms with Gasteiger partial charge in [-0.3, -0.25) is 0 Å². The quantitative estimate of drug-likeness (QED) is 0.421. The van der Waals surface area contributed by atoms with Crippen LogP contribution in [0.3, 0.4) is 0 Å². The van der Waals surface area contributed by atoms with E-state index in [1.165, 1.54) is 18.7 Å². The summed E-state index contributed by atoms with van der Waals surface area (Å²) in [6.07, 6.45) is -0.782. The summed E-state index contributed by atoms with van der Waals surface area (Å²) in [7, 11) is 0. The second-order valence-corrected chi connectivity index (χ2v) is 8.72. The Morgan fingerprint density at radius 1 is 1.06 bits per heavy atom. The number of fused-ring (bicyclic) bond motifs is 2. The molecular weight excluding hydrogens is 441 g/mol. The summed E-state index contributed by atoms with van der Waals surface area (Å²) >= 11 is 0. The fourth-order valence-electron chi connectivity index (χ4n) is 4.74. The van der Waals surface area contributed by atoms with Gasteiger partial charge in [0.2, 0.25) is 0 Å². The van der Waals surface area contributed by atoms with Crippen LogP contribution in [0.15, 0.2) is 48.8 Å². The Labute approximate surface area is 195 Å². The van der Waals surface area contributed by atoms with Crippen LogP contribution in [-0.4, -0.2) is 26.3 Å². The maximum Gasteiger partial charge on any atom is 0.416 e. The Morgan fingerprint density at radius 2 is 1.88 bits per heavy atom. The first kappa shape index (κ1) is 22.2. The van der Waals surface area contributed by atoms with Gasteiger partial charge in [-0.25, -0.2) is 4.98 Å². The smallest absolute Gasteiger partial charge is 0.364 e. The number of alkyl halides is 3. The summed E-state index contributed by atoms with van der Waals surface area (Å²) in [6, 6.07) is 10.0. The van der Waals surface area contributed by atoms with Gasteiger partial charge in [-0.2, -0.15) is 18.3 Å². The van der Waals surface area contributed by atoms with Gasteiger partial charge < -0.3 is 14.8 Å². The molecule has 0 radical (unpaired) electrons. The number of hydrogen-bond donors (Lipinski definition) is 1.